The number of ether oxygens (including phenoxy) is 1. The lowest BCUT2D eigenvalue weighted by Crippen LogP contribution is -2.36. The zero-order chi connectivity index (χ0) is 24.9. The Hall–Kier alpha value is -2.59. The minimum absolute atomic E-state index is 0.241. The van der Waals surface area contributed by atoms with Crippen LogP contribution in [0.2, 0.25) is 5.02 Å². The van der Waals surface area contributed by atoms with E-state index >= 15 is 0 Å². The average Bonchev–Trinajstić information content (AvgIpc) is 3.08. The van der Waals surface area contributed by atoms with E-state index < -0.39 is 17.1 Å². The molecule has 0 radical (unpaired) electrons. The molecule has 0 unspecified atom stereocenters. The number of para-hydroxylation sites is 1. The first kappa shape index (κ1) is 25.5. The summed E-state index contributed by atoms with van der Waals surface area (Å²) in [4.78, 5) is 38.8. The van der Waals surface area contributed by atoms with Crippen molar-refractivity contribution >= 4 is 84.0 Å². The van der Waals surface area contributed by atoms with E-state index in [4.69, 9.17) is 16.3 Å². The number of amides is 3. The first-order chi connectivity index (χ1) is 16.8. The van der Waals surface area contributed by atoms with E-state index in [0.717, 1.165) is 22.2 Å². The molecule has 1 aliphatic rings. The third-order valence-electron chi connectivity index (χ3n) is 4.88. The Morgan fingerprint density at radius 1 is 1.03 bits per heavy atom. The van der Waals surface area contributed by atoms with Crippen LogP contribution >= 0.6 is 55.2 Å². The Kier molecular flexibility index (Phi) is 8.33. The number of hydrogen-bond donors (Lipinski definition) is 1. The number of thioether (sulfide) groups is 1. The van der Waals surface area contributed by atoms with Crippen LogP contribution in [0.25, 0.3) is 6.08 Å². The highest BCUT2D eigenvalue weighted by molar-refractivity contribution is 9.11. The minimum atomic E-state index is -0.513. The zero-order valence-corrected chi connectivity index (χ0v) is 22.7. The van der Waals surface area contributed by atoms with Crippen LogP contribution in [-0.4, -0.2) is 28.5 Å². The predicted octanol–water partition coefficient (Wildman–Crippen LogP) is 7.12. The average molecular weight is 637 g/mol. The number of rotatable bonds is 7. The van der Waals surface area contributed by atoms with E-state index in [-0.39, 0.29) is 11.4 Å². The lowest BCUT2D eigenvalue weighted by Gasteiger charge is -2.13. The smallest absolute Gasteiger partial charge is 0.294 e. The predicted molar refractivity (Wildman–Crippen MR) is 145 cm³/mol. The zero-order valence-electron chi connectivity index (χ0n) is 18.0. The van der Waals surface area contributed by atoms with E-state index in [1.165, 1.54) is 0 Å². The van der Waals surface area contributed by atoms with Crippen molar-refractivity contribution in [3.63, 3.8) is 0 Å². The van der Waals surface area contributed by atoms with Crippen molar-refractivity contribution in [3.8, 4) is 5.75 Å². The highest BCUT2D eigenvalue weighted by Gasteiger charge is 2.36. The van der Waals surface area contributed by atoms with Gasteiger partial charge in [0.15, 0.2) is 0 Å². The third-order valence-corrected chi connectivity index (χ3v) is 7.36. The summed E-state index contributed by atoms with van der Waals surface area (Å²) in [5, 5.41) is 2.86. The maximum atomic E-state index is 12.8. The first-order valence-corrected chi connectivity index (χ1v) is 13.0. The van der Waals surface area contributed by atoms with Gasteiger partial charge < -0.3 is 10.1 Å². The van der Waals surface area contributed by atoms with E-state index in [0.29, 0.717) is 37.6 Å². The van der Waals surface area contributed by atoms with Crippen molar-refractivity contribution in [2.45, 2.75) is 6.61 Å². The number of imide groups is 1. The monoisotopic (exact) mass is 634 g/mol. The second kappa shape index (κ2) is 11.4. The van der Waals surface area contributed by atoms with Crippen LogP contribution < -0.4 is 10.1 Å². The van der Waals surface area contributed by atoms with Gasteiger partial charge in [-0.2, -0.15) is 0 Å². The van der Waals surface area contributed by atoms with Gasteiger partial charge in [-0.25, -0.2) is 0 Å². The SMILES string of the molecule is O=C(CN1C(=O)S/C(=C/c2ccc(OCc3ccc(Cl)cc3)c(Br)c2)C1=O)Nc1ccccc1Br. The van der Waals surface area contributed by atoms with Crippen LogP contribution in [0, 0.1) is 0 Å². The van der Waals surface area contributed by atoms with Crippen molar-refractivity contribution in [1.29, 1.82) is 0 Å². The number of benzene rings is 3. The van der Waals surface area contributed by atoms with Crippen LogP contribution in [0.5, 0.6) is 5.75 Å². The summed E-state index contributed by atoms with van der Waals surface area (Å²) in [6.45, 7) is 0.000132. The minimum Gasteiger partial charge on any atom is -0.488 e. The maximum Gasteiger partial charge on any atom is 0.294 e. The van der Waals surface area contributed by atoms with Gasteiger partial charge in [-0.3, -0.25) is 19.3 Å². The number of anilines is 1. The van der Waals surface area contributed by atoms with Gasteiger partial charge in [0.05, 0.1) is 15.1 Å². The molecule has 0 aliphatic carbocycles. The van der Waals surface area contributed by atoms with Gasteiger partial charge in [0, 0.05) is 9.50 Å². The van der Waals surface area contributed by atoms with Gasteiger partial charge in [-0.1, -0.05) is 41.9 Å². The summed E-state index contributed by atoms with van der Waals surface area (Å²) >= 11 is 13.5. The summed E-state index contributed by atoms with van der Waals surface area (Å²) in [6, 6.07) is 19.8. The van der Waals surface area contributed by atoms with Gasteiger partial charge >= 0.3 is 0 Å². The molecular formula is C25H17Br2ClN2O4S. The van der Waals surface area contributed by atoms with Crippen LogP contribution in [0.3, 0.4) is 0 Å². The van der Waals surface area contributed by atoms with Crippen LogP contribution in [-0.2, 0) is 16.2 Å². The van der Waals surface area contributed by atoms with Crippen molar-refractivity contribution in [2.75, 3.05) is 11.9 Å². The molecule has 3 aromatic rings. The van der Waals surface area contributed by atoms with Crippen molar-refractivity contribution in [1.82, 2.24) is 4.90 Å². The number of halogens is 3. The molecule has 0 atom stereocenters. The number of nitrogens with one attached hydrogen (secondary N) is 1. The molecule has 178 valence electrons. The van der Waals surface area contributed by atoms with E-state index in [2.05, 4.69) is 37.2 Å². The summed E-state index contributed by atoms with van der Waals surface area (Å²) in [6.07, 6.45) is 1.62. The van der Waals surface area contributed by atoms with Crippen LogP contribution in [0.4, 0.5) is 10.5 Å². The lowest BCUT2D eigenvalue weighted by molar-refractivity contribution is -0.127. The number of nitrogens with zero attached hydrogens (tertiary/aromatic N) is 1. The third kappa shape index (κ3) is 6.55. The van der Waals surface area contributed by atoms with Gasteiger partial charge in [0.1, 0.15) is 18.9 Å². The van der Waals surface area contributed by atoms with E-state index in [9.17, 15) is 14.4 Å². The highest BCUT2D eigenvalue weighted by Crippen LogP contribution is 2.34. The standard InChI is InChI=1S/C25H17Br2ClN2O4S/c26-18-3-1-2-4-20(18)29-23(31)13-30-24(32)22(35-25(30)33)12-16-7-10-21(19(27)11-16)34-14-15-5-8-17(28)9-6-15/h1-12H,13-14H2,(H,29,31)/b22-12+. The summed E-state index contributed by atoms with van der Waals surface area (Å²) in [5.41, 5.74) is 2.24. The fourth-order valence-corrected chi connectivity index (χ4v) is 5.01. The molecule has 1 aliphatic heterocycles. The molecule has 1 fully saturated rings. The normalized spacial score (nSPS) is 14.5. The molecule has 0 saturated carbocycles. The Morgan fingerprint density at radius 3 is 2.49 bits per heavy atom. The van der Waals surface area contributed by atoms with Gasteiger partial charge in [0.2, 0.25) is 5.91 Å². The highest BCUT2D eigenvalue weighted by atomic mass is 79.9. The Bertz CT molecular complexity index is 1330. The number of carbonyl (C=O) groups is 3. The van der Waals surface area contributed by atoms with Gasteiger partial charge in [-0.15, -0.1) is 0 Å². The summed E-state index contributed by atoms with van der Waals surface area (Å²) in [7, 11) is 0. The molecule has 0 spiro atoms. The molecule has 6 nitrogen and oxygen atoms in total. The van der Waals surface area contributed by atoms with E-state index in [1.807, 2.05) is 18.2 Å². The number of hydrogen-bond acceptors (Lipinski definition) is 5. The molecule has 0 aromatic heterocycles. The van der Waals surface area contributed by atoms with Gasteiger partial charge in [0.25, 0.3) is 11.1 Å². The Balaban J connectivity index is 1.40. The summed E-state index contributed by atoms with van der Waals surface area (Å²) in [5.74, 6) is -0.346. The van der Waals surface area contributed by atoms with E-state index in [1.54, 1.807) is 54.6 Å². The molecule has 1 saturated heterocycles. The number of carbonyl (C=O) groups excluding carboxylic acids is 3. The Labute approximate surface area is 227 Å². The molecule has 1 N–H and O–H groups in total. The van der Waals surface area contributed by atoms with Crippen LogP contribution in [0.15, 0.2) is 80.6 Å². The molecule has 10 heteroatoms. The van der Waals surface area contributed by atoms with Crippen molar-refractivity contribution < 1.29 is 19.1 Å². The molecule has 3 aromatic carbocycles. The first-order valence-electron chi connectivity index (χ1n) is 10.3. The molecular weight excluding hydrogens is 620 g/mol. The molecule has 3 amide bonds. The van der Waals surface area contributed by atoms with Crippen LogP contribution in [0.1, 0.15) is 11.1 Å². The largest absolute Gasteiger partial charge is 0.488 e. The molecule has 4 rings (SSSR count). The quantitative estimate of drug-likeness (QED) is 0.280. The van der Waals surface area contributed by atoms with Crippen molar-refractivity contribution in [3.05, 3.63) is 96.7 Å². The van der Waals surface area contributed by atoms with Gasteiger partial charge in [-0.05, 0) is 97.2 Å². The summed E-state index contributed by atoms with van der Waals surface area (Å²) < 4.78 is 7.25. The fraction of sp³-hybridized carbons (Fsp3) is 0.0800. The second-order valence-corrected chi connectivity index (χ2v) is 10.5. The molecule has 0 bridgehead atoms. The van der Waals surface area contributed by atoms with Crippen molar-refractivity contribution in [2.24, 2.45) is 0 Å². The topological polar surface area (TPSA) is 75.7 Å². The Morgan fingerprint density at radius 2 is 1.77 bits per heavy atom. The molecule has 1 heterocycles. The second-order valence-electron chi connectivity index (χ2n) is 7.40. The fourth-order valence-electron chi connectivity index (χ4n) is 3.15. The molecule has 35 heavy (non-hydrogen) atoms. The maximum absolute atomic E-state index is 12.8. The lowest BCUT2D eigenvalue weighted by atomic mass is 10.2.